The summed E-state index contributed by atoms with van der Waals surface area (Å²) in [7, 11) is 0. The molecule has 1 saturated heterocycles. The average Bonchev–Trinajstić information content (AvgIpc) is 2.38. The van der Waals surface area contributed by atoms with Crippen molar-refractivity contribution >= 4 is 0 Å². The van der Waals surface area contributed by atoms with Gasteiger partial charge in [0.1, 0.15) is 0 Å². The van der Waals surface area contributed by atoms with Crippen LogP contribution in [0.4, 0.5) is 0 Å². The van der Waals surface area contributed by atoms with E-state index < -0.39 is 0 Å². The maximum absolute atomic E-state index is 5.69. The molecule has 17 heavy (non-hydrogen) atoms. The van der Waals surface area contributed by atoms with Crippen LogP contribution in [0.3, 0.4) is 0 Å². The van der Waals surface area contributed by atoms with Crippen molar-refractivity contribution < 1.29 is 4.74 Å². The number of ether oxygens (including phenoxy) is 1. The lowest BCUT2D eigenvalue weighted by molar-refractivity contribution is -0.0302. The Bertz CT molecular complexity index is 187. The van der Waals surface area contributed by atoms with Gasteiger partial charge in [-0.15, -0.1) is 0 Å². The van der Waals surface area contributed by atoms with E-state index in [1.54, 1.807) is 0 Å². The van der Waals surface area contributed by atoms with E-state index in [1.165, 1.54) is 32.2 Å². The van der Waals surface area contributed by atoms with Gasteiger partial charge in [0.15, 0.2) is 0 Å². The minimum absolute atomic E-state index is 0.467. The zero-order valence-corrected chi connectivity index (χ0v) is 11.7. The molecule has 1 fully saturated rings. The molecule has 1 rings (SSSR count). The van der Waals surface area contributed by atoms with Gasteiger partial charge in [0, 0.05) is 13.1 Å². The van der Waals surface area contributed by atoms with Gasteiger partial charge in [-0.3, -0.25) is 4.90 Å². The standard InChI is InChI=1S/C14H30N2O/c1-3-13(7-8-15)6-5-9-16-10-11-17-14(4-2)12-16/h13-14H,3-12,15H2,1-2H3. The van der Waals surface area contributed by atoms with Crippen molar-refractivity contribution in [3.63, 3.8) is 0 Å². The molecule has 0 saturated carbocycles. The van der Waals surface area contributed by atoms with Crippen LogP contribution < -0.4 is 5.73 Å². The molecule has 0 bridgehead atoms. The summed E-state index contributed by atoms with van der Waals surface area (Å²) in [4.78, 5) is 2.56. The number of morpholine rings is 1. The molecule has 3 nitrogen and oxygen atoms in total. The van der Waals surface area contributed by atoms with Gasteiger partial charge in [-0.25, -0.2) is 0 Å². The Labute approximate surface area is 107 Å². The van der Waals surface area contributed by atoms with Crippen LogP contribution in [0, 0.1) is 5.92 Å². The zero-order chi connectivity index (χ0) is 12.5. The second-order valence-corrected chi connectivity index (χ2v) is 5.20. The van der Waals surface area contributed by atoms with Crippen molar-refractivity contribution in [2.24, 2.45) is 11.7 Å². The fraction of sp³-hybridized carbons (Fsp3) is 1.00. The quantitative estimate of drug-likeness (QED) is 0.709. The van der Waals surface area contributed by atoms with E-state index in [4.69, 9.17) is 10.5 Å². The van der Waals surface area contributed by atoms with Gasteiger partial charge in [0.25, 0.3) is 0 Å². The highest BCUT2D eigenvalue weighted by Gasteiger charge is 2.18. The second-order valence-electron chi connectivity index (χ2n) is 5.20. The number of nitrogens with two attached hydrogens (primary N) is 1. The SMILES string of the molecule is CCC(CCN)CCCN1CCOC(CC)C1. The summed E-state index contributed by atoms with van der Waals surface area (Å²) in [6, 6.07) is 0. The maximum Gasteiger partial charge on any atom is 0.0700 e. The van der Waals surface area contributed by atoms with Crippen LogP contribution in [-0.2, 0) is 4.74 Å². The zero-order valence-electron chi connectivity index (χ0n) is 11.7. The Balaban J connectivity index is 2.12. The number of hydrogen-bond acceptors (Lipinski definition) is 3. The highest BCUT2D eigenvalue weighted by molar-refractivity contribution is 4.70. The van der Waals surface area contributed by atoms with Crippen LogP contribution in [0.5, 0.6) is 0 Å². The topological polar surface area (TPSA) is 38.5 Å². The number of nitrogens with zero attached hydrogens (tertiary/aromatic N) is 1. The molecule has 0 aromatic carbocycles. The fourth-order valence-corrected chi connectivity index (χ4v) is 2.62. The Hall–Kier alpha value is -0.120. The van der Waals surface area contributed by atoms with Crippen molar-refractivity contribution in [3.8, 4) is 0 Å². The normalized spacial score (nSPS) is 23.8. The first kappa shape index (κ1) is 14.9. The molecule has 102 valence electrons. The number of rotatable bonds is 8. The van der Waals surface area contributed by atoms with E-state index in [0.29, 0.717) is 6.10 Å². The molecule has 0 aliphatic carbocycles. The fourth-order valence-electron chi connectivity index (χ4n) is 2.62. The van der Waals surface area contributed by atoms with E-state index in [0.717, 1.165) is 38.6 Å². The molecule has 1 aliphatic heterocycles. The van der Waals surface area contributed by atoms with Gasteiger partial charge in [-0.2, -0.15) is 0 Å². The minimum Gasteiger partial charge on any atom is -0.376 e. The summed E-state index contributed by atoms with van der Waals surface area (Å²) in [5, 5.41) is 0. The minimum atomic E-state index is 0.467. The van der Waals surface area contributed by atoms with Crippen LogP contribution in [0.15, 0.2) is 0 Å². The van der Waals surface area contributed by atoms with E-state index in [1.807, 2.05) is 0 Å². The molecule has 2 N–H and O–H groups in total. The van der Waals surface area contributed by atoms with E-state index in [9.17, 15) is 0 Å². The summed E-state index contributed by atoms with van der Waals surface area (Å²) >= 11 is 0. The van der Waals surface area contributed by atoms with Crippen molar-refractivity contribution in [1.82, 2.24) is 4.90 Å². The first-order valence-corrected chi connectivity index (χ1v) is 7.34. The van der Waals surface area contributed by atoms with Crippen LogP contribution >= 0.6 is 0 Å². The molecule has 2 atom stereocenters. The third-order valence-corrected chi connectivity index (χ3v) is 3.92. The Kier molecular flexibility index (Phi) is 7.82. The lowest BCUT2D eigenvalue weighted by Gasteiger charge is -2.32. The summed E-state index contributed by atoms with van der Waals surface area (Å²) in [6.07, 6.45) is 6.72. The molecule has 1 heterocycles. The summed E-state index contributed by atoms with van der Waals surface area (Å²) < 4.78 is 5.69. The number of hydrogen-bond donors (Lipinski definition) is 1. The first-order valence-electron chi connectivity index (χ1n) is 7.34. The second kappa shape index (κ2) is 8.90. The average molecular weight is 242 g/mol. The third kappa shape index (κ3) is 5.84. The van der Waals surface area contributed by atoms with Gasteiger partial charge in [-0.1, -0.05) is 20.3 Å². The maximum atomic E-state index is 5.69. The van der Waals surface area contributed by atoms with Crippen molar-refractivity contribution in [2.75, 3.05) is 32.8 Å². The summed E-state index contributed by atoms with van der Waals surface area (Å²) in [6.45, 7) is 9.73. The first-order chi connectivity index (χ1) is 8.30. The van der Waals surface area contributed by atoms with E-state index in [2.05, 4.69) is 18.7 Å². The van der Waals surface area contributed by atoms with E-state index >= 15 is 0 Å². The van der Waals surface area contributed by atoms with Gasteiger partial charge in [0.05, 0.1) is 12.7 Å². The molecule has 0 radical (unpaired) electrons. The Morgan fingerprint density at radius 1 is 1.35 bits per heavy atom. The van der Waals surface area contributed by atoms with Crippen LogP contribution in [-0.4, -0.2) is 43.8 Å². The monoisotopic (exact) mass is 242 g/mol. The predicted octanol–water partition coefficient (Wildman–Crippen LogP) is 2.25. The van der Waals surface area contributed by atoms with Crippen molar-refractivity contribution in [3.05, 3.63) is 0 Å². The van der Waals surface area contributed by atoms with Crippen molar-refractivity contribution in [1.29, 1.82) is 0 Å². The lowest BCUT2D eigenvalue weighted by atomic mass is 9.96. The van der Waals surface area contributed by atoms with Gasteiger partial charge >= 0.3 is 0 Å². The molecule has 0 aromatic rings. The largest absolute Gasteiger partial charge is 0.376 e. The predicted molar refractivity (Wildman–Crippen MR) is 73.2 cm³/mol. The molecule has 2 unspecified atom stereocenters. The molecule has 0 spiro atoms. The van der Waals surface area contributed by atoms with Gasteiger partial charge in [0.2, 0.25) is 0 Å². The van der Waals surface area contributed by atoms with Crippen molar-refractivity contribution in [2.45, 2.75) is 52.1 Å². The van der Waals surface area contributed by atoms with Gasteiger partial charge < -0.3 is 10.5 Å². The lowest BCUT2D eigenvalue weighted by Crippen LogP contribution is -2.42. The molecule has 0 aromatic heterocycles. The highest BCUT2D eigenvalue weighted by Crippen LogP contribution is 2.16. The third-order valence-electron chi connectivity index (χ3n) is 3.92. The highest BCUT2D eigenvalue weighted by atomic mass is 16.5. The van der Waals surface area contributed by atoms with E-state index in [-0.39, 0.29) is 0 Å². The summed E-state index contributed by atoms with van der Waals surface area (Å²) in [5.74, 6) is 0.836. The van der Waals surface area contributed by atoms with Crippen LogP contribution in [0.1, 0.15) is 46.0 Å². The molecule has 1 aliphatic rings. The molecule has 3 heteroatoms. The molecule has 0 amide bonds. The van der Waals surface area contributed by atoms with Gasteiger partial charge in [-0.05, 0) is 44.7 Å². The Morgan fingerprint density at radius 2 is 2.18 bits per heavy atom. The smallest absolute Gasteiger partial charge is 0.0700 e. The molecular formula is C14H30N2O. The van der Waals surface area contributed by atoms with Crippen LogP contribution in [0.25, 0.3) is 0 Å². The van der Waals surface area contributed by atoms with Crippen LogP contribution in [0.2, 0.25) is 0 Å². The Morgan fingerprint density at radius 3 is 2.82 bits per heavy atom. The summed E-state index contributed by atoms with van der Waals surface area (Å²) in [5.41, 5.74) is 5.63. The molecular weight excluding hydrogens is 212 g/mol.